The van der Waals surface area contributed by atoms with Crippen LogP contribution < -0.4 is 10.6 Å². The number of hydrogen-bond acceptors (Lipinski definition) is 2. The van der Waals surface area contributed by atoms with Gasteiger partial charge in [-0.05, 0) is 39.8 Å². The lowest BCUT2D eigenvalue weighted by atomic mass is 10.3. The fourth-order valence-electron chi connectivity index (χ4n) is 0.782. The molecule has 1 aromatic heterocycles. The van der Waals surface area contributed by atoms with Crippen LogP contribution in [-0.2, 0) is 6.54 Å². The normalized spacial score (nSPS) is 9.38. The molecule has 2 N–H and O–H groups in total. The number of rotatable bonds is 2. The van der Waals surface area contributed by atoms with Gasteiger partial charge in [0.15, 0.2) is 5.11 Å². The van der Waals surface area contributed by atoms with Crippen molar-refractivity contribution in [3.8, 4) is 0 Å². The highest BCUT2D eigenvalue weighted by Gasteiger charge is 1.94. The Labute approximate surface area is 91.1 Å². The van der Waals surface area contributed by atoms with E-state index in [9.17, 15) is 0 Å². The molecule has 13 heavy (non-hydrogen) atoms. The molecule has 0 aliphatic heterocycles. The Morgan fingerprint density at radius 1 is 1.62 bits per heavy atom. The lowest BCUT2D eigenvalue weighted by Crippen LogP contribution is -2.31. The van der Waals surface area contributed by atoms with Crippen molar-refractivity contribution < 1.29 is 0 Å². The van der Waals surface area contributed by atoms with Crippen LogP contribution in [-0.4, -0.2) is 17.1 Å². The number of aromatic nitrogens is 1. The molecule has 70 valence electrons. The highest BCUT2D eigenvalue weighted by molar-refractivity contribution is 9.10. The predicted octanol–water partition coefficient (Wildman–Crippen LogP) is 1.44. The number of thiocarbonyl (C=S) groups is 1. The first kappa shape index (κ1) is 10.4. The minimum atomic E-state index is 0.642. The Balaban J connectivity index is 2.46. The van der Waals surface area contributed by atoms with Gasteiger partial charge in [0.25, 0.3) is 0 Å². The Kier molecular flexibility index (Phi) is 4.11. The smallest absolute Gasteiger partial charge is 0.166 e. The van der Waals surface area contributed by atoms with E-state index in [0.29, 0.717) is 11.7 Å². The molecule has 0 radical (unpaired) electrons. The lowest BCUT2D eigenvalue weighted by molar-refractivity contribution is 0.883. The summed E-state index contributed by atoms with van der Waals surface area (Å²) in [7, 11) is 1.79. The summed E-state index contributed by atoms with van der Waals surface area (Å²) in [5.41, 5.74) is 1.10. The summed E-state index contributed by atoms with van der Waals surface area (Å²) in [4.78, 5) is 4.10. The van der Waals surface area contributed by atoms with Crippen LogP contribution in [0.15, 0.2) is 22.9 Å². The van der Waals surface area contributed by atoms with Crippen molar-refractivity contribution in [3.05, 3.63) is 28.5 Å². The summed E-state index contributed by atoms with van der Waals surface area (Å²) in [6, 6.07) is 3.89. The van der Waals surface area contributed by atoms with Crippen molar-refractivity contribution in [1.29, 1.82) is 0 Å². The molecular weight excluding hydrogens is 250 g/mol. The zero-order valence-corrected chi connectivity index (χ0v) is 9.58. The molecule has 0 aliphatic carbocycles. The molecule has 0 fully saturated rings. The fraction of sp³-hybridized carbons (Fsp3) is 0.250. The van der Waals surface area contributed by atoms with Crippen molar-refractivity contribution in [3.63, 3.8) is 0 Å². The van der Waals surface area contributed by atoms with Crippen LogP contribution in [0.25, 0.3) is 0 Å². The standard InChI is InChI=1S/C8H10BrN3S/c1-10-8(13)12-5-6-2-3-7(9)11-4-6/h2-4H,5H2,1H3,(H2,10,12,13). The second-order valence-electron chi connectivity index (χ2n) is 2.42. The molecule has 5 heteroatoms. The summed E-state index contributed by atoms with van der Waals surface area (Å²) in [5.74, 6) is 0. The van der Waals surface area contributed by atoms with Gasteiger partial charge in [-0.15, -0.1) is 0 Å². The number of hydrogen-bond donors (Lipinski definition) is 2. The van der Waals surface area contributed by atoms with Gasteiger partial charge < -0.3 is 10.6 Å². The Morgan fingerprint density at radius 2 is 2.38 bits per heavy atom. The zero-order chi connectivity index (χ0) is 9.68. The first-order chi connectivity index (χ1) is 6.22. The average Bonchev–Trinajstić information content (AvgIpc) is 2.16. The summed E-state index contributed by atoms with van der Waals surface area (Å²) in [6.45, 7) is 0.694. The maximum Gasteiger partial charge on any atom is 0.166 e. The summed E-state index contributed by atoms with van der Waals surface area (Å²) in [6.07, 6.45) is 1.80. The van der Waals surface area contributed by atoms with Crippen LogP contribution in [0.3, 0.4) is 0 Å². The SMILES string of the molecule is CNC(=S)NCc1ccc(Br)nc1. The molecule has 1 aromatic rings. The van der Waals surface area contributed by atoms with Gasteiger partial charge >= 0.3 is 0 Å². The Bertz CT molecular complexity index is 286. The van der Waals surface area contributed by atoms with Crippen molar-refractivity contribution in [2.24, 2.45) is 0 Å². The highest BCUT2D eigenvalue weighted by atomic mass is 79.9. The highest BCUT2D eigenvalue weighted by Crippen LogP contribution is 2.05. The van der Waals surface area contributed by atoms with Crippen LogP contribution in [0.1, 0.15) is 5.56 Å². The molecule has 0 atom stereocenters. The molecule has 3 nitrogen and oxygen atoms in total. The minimum Gasteiger partial charge on any atom is -0.366 e. The van der Waals surface area contributed by atoms with Gasteiger partial charge in [0.2, 0.25) is 0 Å². The average molecular weight is 260 g/mol. The second-order valence-corrected chi connectivity index (χ2v) is 3.64. The Hall–Kier alpha value is -0.680. The van der Waals surface area contributed by atoms with E-state index < -0.39 is 0 Å². The van der Waals surface area contributed by atoms with Crippen LogP contribution in [0.5, 0.6) is 0 Å². The van der Waals surface area contributed by atoms with E-state index in [0.717, 1.165) is 10.2 Å². The van der Waals surface area contributed by atoms with Gasteiger partial charge in [-0.2, -0.15) is 0 Å². The monoisotopic (exact) mass is 259 g/mol. The number of nitrogens with one attached hydrogen (secondary N) is 2. The third kappa shape index (κ3) is 3.69. The topological polar surface area (TPSA) is 37.0 Å². The second kappa shape index (κ2) is 5.14. The molecular formula is C8H10BrN3S. The van der Waals surface area contributed by atoms with Crippen molar-refractivity contribution in [2.75, 3.05) is 7.05 Å². The number of pyridine rings is 1. The van der Waals surface area contributed by atoms with Gasteiger partial charge in [0.1, 0.15) is 4.60 Å². The first-order valence-corrected chi connectivity index (χ1v) is 4.98. The number of halogens is 1. The van der Waals surface area contributed by atoms with Gasteiger partial charge in [0, 0.05) is 19.8 Å². The number of nitrogens with zero attached hydrogens (tertiary/aromatic N) is 1. The van der Waals surface area contributed by atoms with E-state index in [2.05, 4.69) is 31.5 Å². The fourth-order valence-corrected chi connectivity index (χ4v) is 1.09. The van der Waals surface area contributed by atoms with E-state index >= 15 is 0 Å². The van der Waals surface area contributed by atoms with Crippen LogP contribution in [0, 0.1) is 0 Å². The molecule has 0 bridgehead atoms. The molecule has 1 heterocycles. The van der Waals surface area contributed by atoms with Crippen molar-refractivity contribution in [2.45, 2.75) is 6.54 Å². The molecule has 0 unspecified atom stereocenters. The van der Waals surface area contributed by atoms with E-state index in [-0.39, 0.29) is 0 Å². The zero-order valence-electron chi connectivity index (χ0n) is 7.17. The molecule has 0 amide bonds. The third-order valence-corrected chi connectivity index (χ3v) is 2.29. The van der Waals surface area contributed by atoms with Gasteiger partial charge in [-0.3, -0.25) is 0 Å². The molecule has 0 aliphatic rings. The molecule has 1 rings (SSSR count). The summed E-state index contributed by atoms with van der Waals surface area (Å²) in [5, 5.41) is 6.51. The van der Waals surface area contributed by atoms with Gasteiger partial charge in [-0.1, -0.05) is 6.07 Å². The van der Waals surface area contributed by atoms with Gasteiger partial charge in [-0.25, -0.2) is 4.98 Å². The Morgan fingerprint density at radius 3 is 2.92 bits per heavy atom. The van der Waals surface area contributed by atoms with Crippen LogP contribution in [0.4, 0.5) is 0 Å². The van der Waals surface area contributed by atoms with Crippen molar-refractivity contribution in [1.82, 2.24) is 15.6 Å². The van der Waals surface area contributed by atoms with E-state index in [1.165, 1.54) is 0 Å². The summed E-state index contributed by atoms with van der Waals surface area (Å²) >= 11 is 8.20. The predicted molar refractivity (Wildman–Crippen MR) is 60.4 cm³/mol. The molecule has 0 saturated carbocycles. The quantitative estimate of drug-likeness (QED) is 0.623. The van der Waals surface area contributed by atoms with E-state index in [1.54, 1.807) is 13.2 Å². The van der Waals surface area contributed by atoms with Crippen LogP contribution in [0.2, 0.25) is 0 Å². The maximum absolute atomic E-state index is 4.93. The third-order valence-electron chi connectivity index (χ3n) is 1.47. The van der Waals surface area contributed by atoms with Crippen molar-refractivity contribution >= 4 is 33.3 Å². The molecule has 0 aromatic carbocycles. The minimum absolute atomic E-state index is 0.642. The van der Waals surface area contributed by atoms with E-state index in [4.69, 9.17) is 12.2 Å². The first-order valence-electron chi connectivity index (χ1n) is 3.78. The lowest BCUT2D eigenvalue weighted by Gasteiger charge is -2.06. The largest absolute Gasteiger partial charge is 0.366 e. The van der Waals surface area contributed by atoms with E-state index in [1.807, 2.05) is 12.1 Å². The molecule has 0 spiro atoms. The molecule has 0 saturated heterocycles. The summed E-state index contributed by atoms with van der Waals surface area (Å²) < 4.78 is 0.840. The van der Waals surface area contributed by atoms with Gasteiger partial charge in [0.05, 0.1) is 0 Å². The maximum atomic E-state index is 4.93. The van der Waals surface area contributed by atoms with Crippen LogP contribution >= 0.6 is 28.1 Å².